The van der Waals surface area contributed by atoms with Crippen molar-refractivity contribution in [3.8, 4) is 0 Å². The molecule has 0 saturated carbocycles. The van der Waals surface area contributed by atoms with Crippen LogP contribution in [0.1, 0.15) is 32.3 Å². The van der Waals surface area contributed by atoms with E-state index in [1.165, 1.54) is 5.56 Å². The zero-order valence-corrected chi connectivity index (χ0v) is 16.0. The highest BCUT2D eigenvalue weighted by molar-refractivity contribution is 7.81. The third-order valence-electron chi connectivity index (χ3n) is 4.48. The second-order valence-electron chi connectivity index (χ2n) is 7.45. The molecule has 0 fully saturated rings. The van der Waals surface area contributed by atoms with Crippen LogP contribution in [-0.2, 0) is 11.3 Å². The van der Waals surface area contributed by atoms with Crippen molar-refractivity contribution in [3.63, 3.8) is 0 Å². The van der Waals surface area contributed by atoms with Crippen LogP contribution in [-0.4, -0.2) is 10.8 Å². The van der Waals surface area contributed by atoms with E-state index in [0.29, 0.717) is 23.5 Å². The van der Waals surface area contributed by atoms with Crippen LogP contribution < -0.4 is 10.6 Å². The van der Waals surface area contributed by atoms with Crippen LogP contribution in [0.15, 0.2) is 71.9 Å². The highest BCUT2D eigenvalue weighted by Crippen LogP contribution is 2.36. The van der Waals surface area contributed by atoms with Crippen LogP contribution in [0.4, 0.5) is 5.69 Å². The Morgan fingerprint density at radius 3 is 2.27 bits per heavy atom. The quantitative estimate of drug-likeness (QED) is 0.744. The van der Waals surface area contributed by atoms with Gasteiger partial charge in [-0.2, -0.15) is 0 Å². The Kier molecular flexibility index (Phi) is 5.52. The van der Waals surface area contributed by atoms with E-state index in [-0.39, 0.29) is 11.2 Å². The van der Waals surface area contributed by atoms with E-state index in [9.17, 15) is 4.79 Å². The number of para-hydroxylation sites is 1. The number of thiocarbonyl (C=S) groups is 1. The summed E-state index contributed by atoms with van der Waals surface area (Å²) in [5.74, 6) is 0.102. The second-order valence-corrected chi connectivity index (χ2v) is 7.86. The smallest absolute Gasteiger partial charge is 0.168 e. The number of allylic oxidation sites excluding steroid dienone is 1. The molecule has 4 heteroatoms. The molecule has 1 aliphatic rings. The van der Waals surface area contributed by atoms with Gasteiger partial charge in [0.25, 0.3) is 0 Å². The Morgan fingerprint density at radius 1 is 1.00 bits per heavy atom. The number of nitrogens with one attached hydrogen (secondary N) is 2. The fraction of sp³-hybridized carbons (Fsp3) is 0.273. The minimum atomic E-state index is -0.0675. The molecule has 0 unspecified atom stereocenters. The highest BCUT2D eigenvalue weighted by atomic mass is 32.1. The summed E-state index contributed by atoms with van der Waals surface area (Å²) < 4.78 is 0. The largest absolute Gasteiger partial charge is 0.384 e. The maximum Gasteiger partial charge on any atom is 0.168 e. The second kappa shape index (κ2) is 7.83. The molecule has 134 valence electrons. The summed E-state index contributed by atoms with van der Waals surface area (Å²) in [6.07, 6.45) is 1.31. The van der Waals surface area contributed by atoms with Gasteiger partial charge in [0.2, 0.25) is 0 Å². The minimum Gasteiger partial charge on any atom is -0.384 e. The average molecular weight is 365 g/mol. The van der Waals surface area contributed by atoms with Crippen LogP contribution >= 0.6 is 12.2 Å². The van der Waals surface area contributed by atoms with Crippen molar-refractivity contribution in [1.29, 1.82) is 0 Å². The van der Waals surface area contributed by atoms with Crippen molar-refractivity contribution in [2.45, 2.75) is 33.2 Å². The summed E-state index contributed by atoms with van der Waals surface area (Å²) in [7, 11) is 0. The van der Waals surface area contributed by atoms with Crippen LogP contribution in [0.5, 0.6) is 0 Å². The van der Waals surface area contributed by atoms with Gasteiger partial charge in [-0.1, -0.05) is 74.6 Å². The summed E-state index contributed by atoms with van der Waals surface area (Å²) in [6.45, 7) is 4.93. The topological polar surface area (TPSA) is 41.1 Å². The molecule has 3 nitrogen and oxygen atoms in total. The Bertz CT molecular complexity index is 826. The molecule has 2 N–H and O–H groups in total. The predicted octanol–water partition coefficient (Wildman–Crippen LogP) is 4.86. The van der Waals surface area contributed by atoms with Gasteiger partial charge in [-0.3, -0.25) is 4.79 Å². The Labute approximate surface area is 160 Å². The summed E-state index contributed by atoms with van der Waals surface area (Å²) in [5.41, 5.74) is 3.56. The zero-order chi connectivity index (χ0) is 18.6. The number of benzene rings is 2. The Balaban J connectivity index is 1.85. The predicted molar refractivity (Wildman–Crippen MR) is 111 cm³/mol. The van der Waals surface area contributed by atoms with E-state index in [1.54, 1.807) is 0 Å². The normalized spacial score (nSPS) is 16.3. The fourth-order valence-corrected chi connectivity index (χ4v) is 3.61. The molecule has 3 rings (SSSR count). The summed E-state index contributed by atoms with van der Waals surface area (Å²) >= 11 is 5.59. The molecule has 0 bridgehead atoms. The van der Waals surface area contributed by atoms with Gasteiger partial charge in [-0.15, -0.1) is 0 Å². The van der Waals surface area contributed by atoms with Crippen molar-refractivity contribution >= 4 is 28.7 Å². The molecule has 0 heterocycles. The Morgan fingerprint density at radius 2 is 1.62 bits per heavy atom. The number of Topliss-reactive ketones (excluding diaryl/α,β-unsaturated/α-hetero) is 1. The third kappa shape index (κ3) is 4.58. The van der Waals surface area contributed by atoms with Crippen LogP contribution in [0.3, 0.4) is 0 Å². The summed E-state index contributed by atoms with van der Waals surface area (Å²) in [5, 5.41) is 6.68. The lowest BCUT2D eigenvalue weighted by atomic mass is 9.75. The molecule has 0 spiro atoms. The summed E-state index contributed by atoms with van der Waals surface area (Å²) in [4.78, 5) is 13.3. The number of hydrogen-bond acceptors (Lipinski definition) is 3. The molecule has 0 amide bonds. The molecular weight excluding hydrogens is 340 g/mol. The minimum absolute atomic E-state index is 0.0675. The zero-order valence-electron chi connectivity index (χ0n) is 15.2. The van der Waals surface area contributed by atoms with E-state index in [4.69, 9.17) is 12.2 Å². The number of hydrogen-bond donors (Lipinski definition) is 2. The number of carbonyl (C=O) groups excluding carboxylic acids is 1. The number of anilines is 1. The first kappa shape index (κ1) is 18.3. The first-order chi connectivity index (χ1) is 12.4. The van der Waals surface area contributed by atoms with Gasteiger partial charge < -0.3 is 10.6 Å². The molecule has 0 aliphatic heterocycles. The first-order valence-electron chi connectivity index (χ1n) is 8.85. The molecule has 2 aromatic carbocycles. The number of carbonyl (C=O) groups is 1. The Hall–Kier alpha value is -2.46. The lowest BCUT2D eigenvalue weighted by Gasteiger charge is -2.33. The number of ketones is 1. The molecule has 0 atom stereocenters. The van der Waals surface area contributed by atoms with Crippen molar-refractivity contribution in [3.05, 3.63) is 77.5 Å². The van der Waals surface area contributed by atoms with Gasteiger partial charge >= 0.3 is 0 Å². The maximum absolute atomic E-state index is 12.8. The SMILES string of the molecule is CC1(C)CC(=O)C(C(=S)Nc2ccccc2)=C(NCc2ccccc2)C1. The lowest BCUT2D eigenvalue weighted by Crippen LogP contribution is -2.35. The van der Waals surface area contributed by atoms with Crippen LogP contribution in [0.25, 0.3) is 0 Å². The first-order valence-corrected chi connectivity index (χ1v) is 9.26. The number of rotatable bonds is 5. The van der Waals surface area contributed by atoms with Crippen molar-refractivity contribution < 1.29 is 4.79 Å². The van der Waals surface area contributed by atoms with E-state index in [1.807, 2.05) is 48.5 Å². The van der Waals surface area contributed by atoms with E-state index in [0.717, 1.165) is 17.8 Å². The van der Waals surface area contributed by atoms with Gasteiger partial charge in [-0.05, 0) is 29.5 Å². The van der Waals surface area contributed by atoms with Crippen molar-refractivity contribution in [2.75, 3.05) is 5.32 Å². The van der Waals surface area contributed by atoms with Crippen LogP contribution in [0.2, 0.25) is 0 Å². The fourth-order valence-electron chi connectivity index (χ4n) is 3.26. The van der Waals surface area contributed by atoms with E-state index < -0.39 is 0 Å². The van der Waals surface area contributed by atoms with E-state index >= 15 is 0 Å². The van der Waals surface area contributed by atoms with Gasteiger partial charge in [0, 0.05) is 24.4 Å². The van der Waals surface area contributed by atoms with Gasteiger partial charge in [0.05, 0.1) is 5.57 Å². The monoisotopic (exact) mass is 364 g/mol. The van der Waals surface area contributed by atoms with Gasteiger partial charge in [0.1, 0.15) is 4.99 Å². The molecule has 26 heavy (non-hydrogen) atoms. The third-order valence-corrected chi connectivity index (χ3v) is 4.79. The lowest BCUT2D eigenvalue weighted by molar-refractivity contribution is -0.117. The standard InChI is InChI=1S/C22H24N2OS/c1-22(2)13-18(23-15-16-9-5-3-6-10-16)20(19(25)14-22)21(26)24-17-11-7-4-8-12-17/h3-12,23H,13-15H2,1-2H3,(H,24,26). The average Bonchev–Trinajstić information content (AvgIpc) is 2.60. The molecule has 1 aliphatic carbocycles. The van der Waals surface area contributed by atoms with Gasteiger partial charge in [0.15, 0.2) is 5.78 Å². The highest BCUT2D eigenvalue weighted by Gasteiger charge is 2.34. The molecular formula is C22H24N2OS. The van der Waals surface area contributed by atoms with Gasteiger partial charge in [-0.25, -0.2) is 0 Å². The van der Waals surface area contributed by atoms with E-state index in [2.05, 4.69) is 36.6 Å². The maximum atomic E-state index is 12.8. The molecule has 0 aromatic heterocycles. The molecule has 0 saturated heterocycles. The molecule has 0 radical (unpaired) electrons. The van der Waals surface area contributed by atoms with Crippen molar-refractivity contribution in [1.82, 2.24) is 5.32 Å². The summed E-state index contributed by atoms with van der Waals surface area (Å²) in [6, 6.07) is 19.9. The van der Waals surface area contributed by atoms with Crippen LogP contribution in [0, 0.1) is 5.41 Å². The molecule has 2 aromatic rings. The van der Waals surface area contributed by atoms with Crippen molar-refractivity contribution in [2.24, 2.45) is 5.41 Å².